The van der Waals surface area contributed by atoms with Gasteiger partial charge in [-0.2, -0.15) is 0 Å². The molecule has 2 rings (SSSR count). The normalized spacial score (nSPS) is 9.95. The molecule has 0 aliphatic rings. The molecule has 0 aliphatic carbocycles. The summed E-state index contributed by atoms with van der Waals surface area (Å²) in [5.74, 6) is 2.91. The van der Waals surface area contributed by atoms with E-state index in [0.717, 1.165) is 11.4 Å². The van der Waals surface area contributed by atoms with Gasteiger partial charge in [0.25, 0.3) is 0 Å². The Morgan fingerprint density at radius 1 is 1.00 bits per heavy atom. The maximum absolute atomic E-state index is 5.76. The van der Waals surface area contributed by atoms with Gasteiger partial charge in [-0.25, -0.2) is 4.98 Å². The highest BCUT2D eigenvalue weighted by Gasteiger charge is 2.04. The van der Waals surface area contributed by atoms with Gasteiger partial charge >= 0.3 is 0 Å². The molecule has 0 spiro atoms. The van der Waals surface area contributed by atoms with Gasteiger partial charge in [0.2, 0.25) is 0 Å². The molecule has 1 N–H and O–H groups in total. The van der Waals surface area contributed by atoms with Crippen LogP contribution in [0.5, 0.6) is 17.2 Å². The number of pyridine rings is 1. The smallest absolute Gasteiger partial charge is 0.127 e. The molecule has 0 fully saturated rings. The third-order valence-electron chi connectivity index (χ3n) is 2.81. The van der Waals surface area contributed by atoms with Crippen LogP contribution in [0.3, 0.4) is 0 Å². The zero-order valence-corrected chi connectivity index (χ0v) is 11.8. The summed E-state index contributed by atoms with van der Waals surface area (Å²) in [5.41, 5.74) is 1.03. The molecule has 0 saturated heterocycles. The summed E-state index contributed by atoms with van der Waals surface area (Å²) in [4.78, 5) is 4.16. The van der Waals surface area contributed by atoms with Gasteiger partial charge in [0.1, 0.15) is 29.7 Å². The largest absolute Gasteiger partial charge is 0.496 e. The molecule has 106 valence electrons. The van der Waals surface area contributed by atoms with Gasteiger partial charge < -0.3 is 19.5 Å². The van der Waals surface area contributed by atoms with E-state index in [-0.39, 0.29) is 0 Å². The Hall–Kier alpha value is -2.43. The molecular weight excluding hydrogens is 256 g/mol. The van der Waals surface area contributed by atoms with Crippen molar-refractivity contribution in [3.05, 3.63) is 42.1 Å². The van der Waals surface area contributed by atoms with Crippen LogP contribution in [0.1, 0.15) is 5.56 Å². The van der Waals surface area contributed by atoms with E-state index in [4.69, 9.17) is 14.2 Å². The van der Waals surface area contributed by atoms with Crippen LogP contribution in [0.15, 0.2) is 36.5 Å². The first-order valence-electron chi connectivity index (χ1n) is 6.23. The fraction of sp³-hybridized carbons (Fsp3) is 0.267. The van der Waals surface area contributed by atoms with Crippen LogP contribution >= 0.6 is 0 Å². The number of hydrogen-bond acceptors (Lipinski definition) is 5. The van der Waals surface area contributed by atoms with Gasteiger partial charge in [0.05, 0.1) is 14.2 Å². The first-order chi connectivity index (χ1) is 9.75. The number of aromatic nitrogens is 1. The van der Waals surface area contributed by atoms with E-state index in [2.05, 4.69) is 10.3 Å². The number of methoxy groups -OCH3 is 2. The molecule has 0 atom stereocenters. The van der Waals surface area contributed by atoms with Crippen LogP contribution in [0, 0.1) is 0 Å². The maximum atomic E-state index is 5.76. The molecule has 1 aromatic carbocycles. The third-order valence-corrected chi connectivity index (χ3v) is 2.81. The van der Waals surface area contributed by atoms with Crippen molar-refractivity contribution in [3.8, 4) is 17.2 Å². The van der Waals surface area contributed by atoms with E-state index in [1.807, 2.05) is 31.3 Å². The number of nitrogens with zero attached hydrogens (tertiary/aromatic N) is 1. The summed E-state index contributed by atoms with van der Waals surface area (Å²) in [7, 11) is 5.06. The summed E-state index contributed by atoms with van der Waals surface area (Å²) in [5, 5.41) is 3.00. The van der Waals surface area contributed by atoms with Gasteiger partial charge in [-0.1, -0.05) is 0 Å². The second-order valence-corrected chi connectivity index (χ2v) is 4.14. The second-order valence-electron chi connectivity index (χ2n) is 4.14. The molecule has 1 aromatic heterocycles. The average Bonchev–Trinajstić information content (AvgIpc) is 2.52. The molecule has 5 nitrogen and oxygen atoms in total. The molecule has 20 heavy (non-hydrogen) atoms. The number of hydrogen-bond donors (Lipinski definition) is 1. The van der Waals surface area contributed by atoms with Crippen LogP contribution < -0.4 is 19.5 Å². The van der Waals surface area contributed by atoms with Crippen LogP contribution in [0.4, 0.5) is 5.82 Å². The lowest BCUT2D eigenvalue weighted by Crippen LogP contribution is -1.99. The van der Waals surface area contributed by atoms with Crippen LogP contribution in [-0.2, 0) is 6.61 Å². The molecule has 0 aliphatic heterocycles. The van der Waals surface area contributed by atoms with E-state index in [0.29, 0.717) is 23.9 Å². The van der Waals surface area contributed by atoms with E-state index in [9.17, 15) is 0 Å². The quantitative estimate of drug-likeness (QED) is 0.877. The van der Waals surface area contributed by atoms with Crippen molar-refractivity contribution in [2.75, 3.05) is 26.6 Å². The van der Waals surface area contributed by atoms with Crippen molar-refractivity contribution >= 4 is 5.82 Å². The molecule has 0 unspecified atom stereocenters. The average molecular weight is 274 g/mol. The topological polar surface area (TPSA) is 52.6 Å². The van der Waals surface area contributed by atoms with Gasteiger partial charge in [-0.3, -0.25) is 0 Å². The number of nitrogens with one attached hydrogen (secondary N) is 1. The predicted octanol–water partition coefficient (Wildman–Crippen LogP) is 2.72. The Bertz CT molecular complexity index is 551. The standard InChI is InChI=1S/C15H18N2O3/c1-16-15-6-11(4-5-17-15)10-20-14-8-12(18-2)7-13(9-14)19-3/h4-9H,10H2,1-3H3,(H,16,17). The minimum absolute atomic E-state index is 0.452. The predicted molar refractivity (Wildman–Crippen MR) is 77.7 cm³/mol. The number of benzene rings is 1. The Morgan fingerprint density at radius 3 is 2.25 bits per heavy atom. The van der Waals surface area contributed by atoms with Crippen molar-refractivity contribution in [2.24, 2.45) is 0 Å². The lowest BCUT2D eigenvalue weighted by atomic mass is 10.2. The highest BCUT2D eigenvalue weighted by molar-refractivity contribution is 5.42. The highest BCUT2D eigenvalue weighted by atomic mass is 16.5. The first kappa shape index (κ1) is 14.0. The number of ether oxygens (including phenoxy) is 3. The summed E-state index contributed by atoms with van der Waals surface area (Å²) in [6.07, 6.45) is 1.75. The maximum Gasteiger partial charge on any atom is 0.127 e. The molecule has 0 amide bonds. The Labute approximate surface area is 118 Å². The summed E-state index contributed by atoms with van der Waals surface area (Å²) in [6.45, 7) is 0.452. The summed E-state index contributed by atoms with van der Waals surface area (Å²) in [6, 6.07) is 9.30. The van der Waals surface area contributed by atoms with E-state index >= 15 is 0 Å². The van der Waals surface area contributed by atoms with Crippen LogP contribution in [0.2, 0.25) is 0 Å². The lowest BCUT2D eigenvalue weighted by Gasteiger charge is -2.10. The van der Waals surface area contributed by atoms with Crippen molar-refractivity contribution in [3.63, 3.8) is 0 Å². The molecule has 5 heteroatoms. The fourth-order valence-electron chi connectivity index (χ4n) is 1.73. The molecule has 2 aromatic rings. The molecule has 0 bridgehead atoms. The van der Waals surface area contributed by atoms with Crippen LogP contribution in [0.25, 0.3) is 0 Å². The minimum atomic E-state index is 0.452. The fourth-order valence-corrected chi connectivity index (χ4v) is 1.73. The minimum Gasteiger partial charge on any atom is -0.496 e. The summed E-state index contributed by atoms with van der Waals surface area (Å²) < 4.78 is 16.2. The van der Waals surface area contributed by atoms with Gasteiger partial charge in [0, 0.05) is 31.4 Å². The second kappa shape index (κ2) is 6.65. The Balaban J connectivity index is 2.09. The monoisotopic (exact) mass is 274 g/mol. The SMILES string of the molecule is CNc1cc(COc2cc(OC)cc(OC)c2)ccn1. The highest BCUT2D eigenvalue weighted by Crippen LogP contribution is 2.28. The van der Waals surface area contributed by atoms with E-state index in [1.54, 1.807) is 26.5 Å². The number of anilines is 1. The Morgan fingerprint density at radius 2 is 1.65 bits per heavy atom. The lowest BCUT2D eigenvalue weighted by molar-refractivity contribution is 0.300. The zero-order chi connectivity index (χ0) is 14.4. The van der Waals surface area contributed by atoms with E-state index < -0.39 is 0 Å². The van der Waals surface area contributed by atoms with Gasteiger partial charge in [-0.15, -0.1) is 0 Å². The van der Waals surface area contributed by atoms with Gasteiger partial charge in [-0.05, 0) is 17.7 Å². The van der Waals surface area contributed by atoms with Gasteiger partial charge in [0.15, 0.2) is 0 Å². The van der Waals surface area contributed by atoms with Crippen molar-refractivity contribution in [1.82, 2.24) is 4.98 Å². The van der Waals surface area contributed by atoms with E-state index in [1.165, 1.54) is 0 Å². The zero-order valence-electron chi connectivity index (χ0n) is 11.8. The first-order valence-corrected chi connectivity index (χ1v) is 6.23. The van der Waals surface area contributed by atoms with Crippen molar-refractivity contribution in [2.45, 2.75) is 6.61 Å². The number of rotatable bonds is 6. The third kappa shape index (κ3) is 3.54. The Kier molecular flexibility index (Phi) is 4.65. The molecule has 0 radical (unpaired) electrons. The molecule has 0 saturated carbocycles. The summed E-state index contributed by atoms with van der Waals surface area (Å²) >= 11 is 0. The van der Waals surface area contributed by atoms with Crippen molar-refractivity contribution < 1.29 is 14.2 Å². The molecule has 1 heterocycles. The van der Waals surface area contributed by atoms with Crippen LogP contribution in [-0.4, -0.2) is 26.3 Å². The van der Waals surface area contributed by atoms with Crippen molar-refractivity contribution in [1.29, 1.82) is 0 Å². The molecular formula is C15H18N2O3.